The van der Waals surface area contributed by atoms with Crippen molar-refractivity contribution < 1.29 is 4.74 Å². The first kappa shape index (κ1) is 12.2. The first-order valence-electron chi connectivity index (χ1n) is 6.65. The molecule has 1 aliphatic rings. The van der Waals surface area contributed by atoms with E-state index in [4.69, 9.17) is 4.74 Å². The Hall–Kier alpha value is -1.89. The number of imidazole rings is 1. The van der Waals surface area contributed by atoms with Crippen LogP contribution in [0, 0.1) is 0 Å². The summed E-state index contributed by atoms with van der Waals surface area (Å²) in [4.78, 5) is 18.5. The van der Waals surface area contributed by atoms with Gasteiger partial charge >= 0.3 is 0 Å². The van der Waals surface area contributed by atoms with E-state index in [1.165, 1.54) is 0 Å². The van der Waals surface area contributed by atoms with E-state index >= 15 is 0 Å². The van der Waals surface area contributed by atoms with Gasteiger partial charge in [-0.2, -0.15) is 4.98 Å². The minimum atomic E-state index is 0.704. The summed E-state index contributed by atoms with van der Waals surface area (Å²) < 4.78 is 5.35. The zero-order valence-corrected chi connectivity index (χ0v) is 11.0. The summed E-state index contributed by atoms with van der Waals surface area (Å²) in [5.41, 5.74) is 1.58. The second kappa shape index (κ2) is 5.40. The highest BCUT2D eigenvalue weighted by molar-refractivity contribution is 5.84. The number of aromatic nitrogens is 4. The van der Waals surface area contributed by atoms with Gasteiger partial charge in [0.15, 0.2) is 11.5 Å². The number of nitrogens with zero attached hydrogens (tertiary/aromatic N) is 4. The molecule has 2 N–H and O–H groups in total. The number of aromatic amines is 1. The van der Waals surface area contributed by atoms with Crippen LogP contribution < -0.4 is 10.2 Å². The molecule has 2 aromatic heterocycles. The summed E-state index contributed by atoms with van der Waals surface area (Å²) in [7, 11) is 0. The SMILES string of the molecule is CCCNc1ncnc2nc(N3CCOCC3)[nH]c12. The van der Waals surface area contributed by atoms with Crippen LogP contribution in [0.3, 0.4) is 0 Å². The fourth-order valence-electron chi connectivity index (χ4n) is 2.12. The summed E-state index contributed by atoms with van der Waals surface area (Å²) >= 11 is 0. The quantitative estimate of drug-likeness (QED) is 0.856. The highest BCUT2D eigenvalue weighted by Gasteiger charge is 2.16. The summed E-state index contributed by atoms with van der Waals surface area (Å²) in [6, 6.07) is 0. The van der Waals surface area contributed by atoms with Crippen molar-refractivity contribution in [2.24, 2.45) is 0 Å². The number of rotatable bonds is 4. The van der Waals surface area contributed by atoms with Gasteiger partial charge in [0.25, 0.3) is 0 Å². The third-order valence-electron chi connectivity index (χ3n) is 3.13. The van der Waals surface area contributed by atoms with Gasteiger partial charge in [0.2, 0.25) is 5.95 Å². The first-order chi connectivity index (χ1) is 9.38. The van der Waals surface area contributed by atoms with E-state index in [0.29, 0.717) is 5.65 Å². The maximum Gasteiger partial charge on any atom is 0.205 e. The summed E-state index contributed by atoms with van der Waals surface area (Å²) in [6.07, 6.45) is 2.60. The largest absolute Gasteiger partial charge is 0.378 e. The molecule has 0 saturated carbocycles. The predicted octanol–water partition coefficient (Wildman–Crippen LogP) is 1.01. The monoisotopic (exact) mass is 262 g/mol. The van der Waals surface area contributed by atoms with Gasteiger partial charge in [-0.15, -0.1) is 0 Å². The van der Waals surface area contributed by atoms with Crippen LogP contribution in [0.2, 0.25) is 0 Å². The van der Waals surface area contributed by atoms with Crippen LogP contribution in [-0.2, 0) is 4.74 Å². The molecule has 102 valence electrons. The number of hydrogen-bond acceptors (Lipinski definition) is 6. The van der Waals surface area contributed by atoms with Gasteiger partial charge in [-0.25, -0.2) is 9.97 Å². The first-order valence-corrected chi connectivity index (χ1v) is 6.65. The van der Waals surface area contributed by atoms with E-state index in [9.17, 15) is 0 Å². The average Bonchev–Trinajstić information content (AvgIpc) is 2.90. The Morgan fingerprint density at radius 1 is 1.37 bits per heavy atom. The van der Waals surface area contributed by atoms with Crippen molar-refractivity contribution in [3.63, 3.8) is 0 Å². The minimum Gasteiger partial charge on any atom is -0.378 e. The molecule has 0 amide bonds. The van der Waals surface area contributed by atoms with Gasteiger partial charge in [-0.3, -0.25) is 0 Å². The summed E-state index contributed by atoms with van der Waals surface area (Å²) in [5, 5.41) is 3.29. The molecule has 0 radical (unpaired) electrons. The molecule has 0 atom stereocenters. The molecule has 7 nitrogen and oxygen atoms in total. The van der Waals surface area contributed by atoms with Gasteiger partial charge in [-0.1, -0.05) is 6.92 Å². The molecule has 2 aromatic rings. The van der Waals surface area contributed by atoms with Crippen LogP contribution in [-0.4, -0.2) is 52.8 Å². The molecule has 0 aliphatic carbocycles. The van der Waals surface area contributed by atoms with Crippen LogP contribution in [0.15, 0.2) is 6.33 Å². The molecule has 1 saturated heterocycles. The molecule has 0 unspecified atom stereocenters. The zero-order valence-electron chi connectivity index (χ0n) is 11.0. The average molecular weight is 262 g/mol. The Bertz CT molecular complexity index is 548. The highest BCUT2D eigenvalue weighted by atomic mass is 16.5. The van der Waals surface area contributed by atoms with Crippen molar-refractivity contribution in [2.45, 2.75) is 13.3 Å². The van der Waals surface area contributed by atoms with E-state index in [0.717, 1.165) is 56.6 Å². The van der Waals surface area contributed by atoms with Crippen LogP contribution in [0.4, 0.5) is 11.8 Å². The lowest BCUT2D eigenvalue weighted by atomic mass is 10.4. The lowest BCUT2D eigenvalue weighted by Crippen LogP contribution is -2.36. The van der Waals surface area contributed by atoms with E-state index in [1.54, 1.807) is 6.33 Å². The molecule has 0 spiro atoms. The molecule has 7 heteroatoms. The lowest BCUT2D eigenvalue weighted by molar-refractivity contribution is 0.122. The number of H-pyrrole nitrogens is 1. The van der Waals surface area contributed by atoms with Crippen LogP contribution in [0.25, 0.3) is 11.2 Å². The smallest absolute Gasteiger partial charge is 0.205 e. The maximum atomic E-state index is 5.35. The highest BCUT2D eigenvalue weighted by Crippen LogP contribution is 2.21. The van der Waals surface area contributed by atoms with Crippen molar-refractivity contribution in [3.8, 4) is 0 Å². The second-order valence-corrected chi connectivity index (χ2v) is 4.51. The van der Waals surface area contributed by atoms with E-state index in [1.807, 2.05) is 0 Å². The lowest BCUT2D eigenvalue weighted by Gasteiger charge is -2.25. The van der Waals surface area contributed by atoms with Crippen molar-refractivity contribution >= 4 is 22.9 Å². The third kappa shape index (κ3) is 2.46. The van der Waals surface area contributed by atoms with Gasteiger partial charge in [0, 0.05) is 19.6 Å². The third-order valence-corrected chi connectivity index (χ3v) is 3.13. The zero-order chi connectivity index (χ0) is 13.1. The molecule has 3 rings (SSSR count). The summed E-state index contributed by atoms with van der Waals surface area (Å²) in [6.45, 7) is 6.19. The maximum absolute atomic E-state index is 5.35. The minimum absolute atomic E-state index is 0.704. The Morgan fingerprint density at radius 3 is 3.00 bits per heavy atom. The number of fused-ring (bicyclic) bond motifs is 1. The number of hydrogen-bond donors (Lipinski definition) is 2. The van der Waals surface area contributed by atoms with Crippen molar-refractivity contribution in [2.75, 3.05) is 43.1 Å². The van der Waals surface area contributed by atoms with Crippen LogP contribution in [0.1, 0.15) is 13.3 Å². The van der Waals surface area contributed by atoms with Crippen molar-refractivity contribution in [1.29, 1.82) is 0 Å². The molecule has 0 aromatic carbocycles. The van der Waals surface area contributed by atoms with Crippen LogP contribution >= 0.6 is 0 Å². The molecule has 3 heterocycles. The Kier molecular flexibility index (Phi) is 3.45. The molecular formula is C12H18N6O. The van der Waals surface area contributed by atoms with E-state index in [2.05, 4.69) is 37.1 Å². The molecule has 1 aliphatic heterocycles. The molecule has 19 heavy (non-hydrogen) atoms. The fourth-order valence-corrected chi connectivity index (χ4v) is 2.12. The normalized spacial score (nSPS) is 15.9. The van der Waals surface area contributed by atoms with Gasteiger partial charge < -0.3 is 19.9 Å². The number of ether oxygens (including phenoxy) is 1. The van der Waals surface area contributed by atoms with Gasteiger partial charge in [0.05, 0.1) is 13.2 Å². The van der Waals surface area contributed by atoms with Crippen LogP contribution in [0.5, 0.6) is 0 Å². The molecular weight excluding hydrogens is 244 g/mol. The number of nitrogens with one attached hydrogen (secondary N) is 2. The fraction of sp³-hybridized carbons (Fsp3) is 0.583. The standard InChI is InChI=1S/C12H18N6O/c1-2-3-13-10-9-11(15-8-14-10)17-12(16-9)18-4-6-19-7-5-18/h8H,2-7H2,1H3,(H2,13,14,15,16,17). The Morgan fingerprint density at radius 2 is 2.21 bits per heavy atom. The van der Waals surface area contributed by atoms with E-state index < -0.39 is 0 Å². The second-order valence-electron chi connectivity index (χ2n) is 4.51. The van der Waals surface area contributed by atoms with E-state index in [-0.39, 0.29) is 0 Å². The van der Waals surface area contributed by atoms with Crippen molar-refractivity contribution in [3.05, 3.63) is 6.33 Å². The molecule has 0 bridgehead atoms. The van der Waals surface area contributed by atoms with Gasteiger partial charge in [0.1, 0.15) is 11.8 Å². The topological polar surface area (TPSA) is 79.0 Å². The van der Waals surface area contributed by atoms with Gasteiger partial charge in [-0.05, 0) is 6.42 Å². The Labute approximate surface area is 111 Å². The van der Waals surface area contributed by atoms with Crippen molar-refractivity contribution in [1.82, 2.24) is 19.9 Å². The number of morpholine rings is 1. The predicted molar refractivity (Wildman–Crippen MR) is 73.5 cm³/mol. The summed E-state index contributed by atoms with van der Waals surface area (Å²) in [5.74, 6) is 1.66. The number of anilines is 2. The Balaban J connectivity index is 1.90. The molecule has 1 fully saturated rings.